The summed E-state index contributed by atoms with van der Waals surface area (Å²) < 4.78 is 47.0. The zero-order valence-electron chi connectivity index (χ0n) is 11.7. The van der Waals surface area contributed by atoms with Crippen LogP contribution in [0.2, 0.25) is 0 Å². The molecule has 3 nitrogen and oxygen atoms in total. The van der Waals surface area contributed by atoms with Crippen LogP contribution in [0.1, 0.15) is 25.0 Å². The molecule has 1 unspecified atom stereocenters. The van der Waals surface area contributed by atoms with Crippen molar-refractivity contribution in [3.05, 3.63) is 29.8 Å². The molecule has 114 valence electrons. The van der Waals surface area contributed by atoms with Crippen molar-refractivity contribution in [2.24, 2.45) is 0 Å². The minimum Gasteiger partial charge on any atom is -0.497 e. The first-order chi connectivity index (χ1) is 9.46. The Labute approximate surface area is 117 Å². The third-order valence-corrected chi connectivity index (χ3v) is 2.67. The number of alkyl halides is 3. The SMILES string of the molecule is CCCNCC(OCC(F)(F)F)c1cccc(OC)c1. The molecule has 1 aromatic carbocycles. The fourth-order valence-electron chi connectivity index (χ4n) is 1.72. The second kappa shape index (κ2) is 8.11. The second-order valence-corrected chi connectivity index (χ2v) is 4.40. The molecule has 1 rings (SSSR count). The molecule has 0 aliphatic carbocycles. The Hall–Kier alpha value is -1.27. The molecule has 0 radical (unpaired) electrons. The van der Waals surface area contributed by atoms with E-state index in [-0.39, 0.29) is 0 Å². The predicted molar refractivity (Wildman–Crippen MR) is 70.9 cm³/mol. The molecule has 6 heteroatoms. The molecule has 0 aliphatic heterocycles. The van der Waals surface area contributed by atoms with Crippen molar-refractivity contribution in [2.75, 3.05) is 26.8 Å². The molecular formula is C14H20F3NO2. The summed E-state index contributed by atoms with van der Waals surface area (Å²) in [6.45, 7) is 1.79. The van der Waals surface area contributed by atoms with Gasteiger partial charge in [-0.25, -0.2) is 0 Å². The zero-order chi connectivity index (χ0) is 15.0. The van der Waals surface area contributed by atoms with E-state index in [4.69, 9.17) is 9.47 Å². The van der Waals surface area contributed by atoms with Crippen molar-refractivity contribution >= 4 is 0 Å². The van der Waals surface area contributed by atoms with E-state index in [0.717, 1.165) is 13.0 Å². The number of ether oxygens (including phenoxy) is 2. The number of rotatable bonds is 8. The van der Waals surface area contributed by atoms with Gasteiger partial charge in [0, 0.05) is 6.54 Å². The Balaban J connectivity index is 2.73. The molecule has 0 aliphatic rings. The van der Waals surface area contributed by atoms with E-state index in [1.165, 1.54) is 7.11 Å². The summed E-state index contributed by atoms with van der Waals surface area (Å²) >= 11 is 0. The van der Waals surface area contributed by atoms with Crippen LogP contribution < -0.4 is 10.1 Å². The third kappa shape index (κ3) is 6.25. The first kappa shape index (κ1) is 16.8. The van der Waals surface area contributed by atoms with Crippen molar-refractivity contribution in [3.63, 3.8) is 0 Å². The van der Waals surface area contributed by atoms with Gasteiger partial charge >= 0.3 is 6.18 Å². The average Bonchev–Trinajstić information content (AvgIpc) is 2.41. The van der Waals surface area contributed by atoms with E-state index in [2.05, 4.69) is 5.32 Å². The molecule has 0 fully saturated rings. The Morgan fingerprint density at radius 2 is 2.05 bits per heavy atom. The smallest absolute Gasteiger partial charge is 0.411 e. The Kier molecular flexibility index (Phi) is 6.81. The van der Waals surface area contributed by atoms with Crippen LogP contribution in [-0.4, -0.2) is 33.0 Å². The van der Waals surface area contributed by atoms with E-state index < -0.39 is 18.9 Å². The largest absolute Gasteiger partial charge is 0.497 e. The summed E-state index contributed by atoms with van der Waals surface area (Å²) in [6.07, 6.45) is -4.08. The summed E-state index contributed by atoms with van der Waals surface area (Å²) in [4.78, 5) is 0. The molecule has 1 atom stereocenters. The Morgan fingerprint density at radius 1 is 1.30 bits per heavy atom. The van der Waals surface area contributed by atoms with E-state index in [1.807, 2.05) is 6.92 Å². The van der Waals surface area contributed by atoms with Gasteiger partial charge in [-0.2, -0.15) is 13.2 Å². The van der Waals surface area contributed by atoms with Gasteiger partial charge in [-0.1, -0.05) is 19.1 Å². The molecule has 0 spiro atoms. The molecule has 1 N–H and O–H groups in total. The van der Waals surface area contributed by atoms with Crippen molar-refractivity contribution in [1.29, 1.82) is 0 Å². The van der Waals surface area contributed by atoms with Gasteiger partial charge in [-0.3, -0.25) is 0 Å². The lowest BCUT2D eigenvalue weighted by atomic mass is 10.1. The highest BCUT2D eigenvalue weighted by atomic mass is 19.4. The maximum absolute atomic E-state index is 12.3. The van der Waals surface area contributed by atoms with Crippen LogP contribution in [0.25, 0.3) is 0 Å². The normalized spacial score (nSPS) is 13.2. The summed E-state index contributed by atoms with van der Waals surface area (Å²) in [6, 6.07) is 6.90. The molecule has 0 saturated carbocycles. The highest BCUT2D eigenvalue weighted by Gasteiger charge is 2.29. The molecule has 0 heterocycles. The van der Waals surface area contributed by atoms with Gasteiger partial charge in [0.2, 0.25) is 0 Å². The van der Waals surface area contributed by atoms with Gasteiger partial charge < -0.3 is 14.8 Å². The van der Waals surface area contributed by atoms with E-state index in [1.54, 1.807) is 24.3 Å². The first-order valence-corrected chi connectivity index (χ1v) is 6.49. The summed E-state index contributed by atoms with van der Waals surface area (Å²) in [5.41, 5.74) is 0.664. The fraction of sp³-hybridized carbons (Fsp3) is 0.571. The minimum absolute atomic E-state index is 0.330. The van der Waals surface area contributed by atoms with Crippen LogP contribution in [-0.2, 0) is 4.74 Å². The number of nitrogens with one attached hydrogen (secondary N) is 1. The highest BCUT2D eigenvalue weighted by molar-refractivity contribution is 5.30. The third-order valence-electron chi connectivity index (χ3n) is 2.67. The van der Waals surface area contributed by atoms with E-state index in [0.29, 0.717) is 17.9 Å². The summed E-state index contributed by atoms with van der Waals surface area (Å²) in [5.74, 6) is 0.596. The Morgan fingerprint density at radius 3 is 2.65 bits per heavy atom. The predicted octanol–water partition coefficient (Wildman–Crippen LogP) is 3.31. The van der Waals surface area contributed by atoms with Crippen LogP contribution in [0.5, 0.6) is 5.75 Å². The van der Waals surface area contributed by atoms with Crippen LogP contribution in [0.4, 0.5) is 13.2 Å². The molecule has 0 amide bonds. The van der Waals surface area contributed by atoms with Crippen molar-refractivity contribution in [3.8, 4) is 5.75 Å². The fourth-order valence-corrected chi connectivity index (χ4v) is 1.72. The Bertz CT molecular complexity index is 396. The molecule has 0 bridgehead atoms. The number of halogens is 3. The number of methoxy groups -OCH3 is 1. The molecular weight excluding hydrogens is 271 g/mol. The van der Waals surface area contributed by atoms with E-state index >= 15 is 0 Å². The van der Waals surface area contributed by atoms with Crippen LogP contribution >= 0.6 is 0 Å². The second-order valence-electron chi connectivity index (χ2n) is 4.40. The molecule has 1 aromatic rings. The van der Waals surface area contributed by atoms with Gasteiger partial charge in [0.15, 0.2) is 0 Å². The van der Waals surface area contributed by atoms with Crippen LogP contribution in [0.15, 0.2) is 24.3 Å². The van der Waals surface area contributed by atoms with Gasteiger partial charge in [-0.05, 0) is 30.7 Å². The van der Waals surface area contributed by atoms with Gasteiger partial charge in [0.1, 0.15) is 12.4 Å². The highest BCUT2D eigenvalue weighted by Crippen LogP contribution is 2.24. The van der Waals surface area contributed by atoms with Crippen molar-refractivity contribution in [2.45, 2.75) is 25.6 Å². The van der Waals surface area contributed by atoms with Gasteiger partial charge in [0.05, 0.1) is 13.2 Å². The van der Waals surface area contributed by atoms with Crippen LogP contribution in [0, 0.1) is 0 Å². The maximum Gasteiger partial charge on any atom is 0.411 e. The standard InChI is InChI=1S/C14H20F3NO2/c1-3-7-18-9-13(20-10-14(15,16)17)11-5-4-6-12(8-11)19-2/h4-6,8,13,18H,3,7,9-10H2,1-2H3. The lowest BCUT2D eigenvalue weighted by molar-refractivity contribution is -0.185. The van der Waals surface area contributed by atoms with Crippen molar-refractivity contribution in [1.82, 2.24) is 5.32 Å². The number of benzene rings is 1. The lowest BCUT2D eigenvalue weighted by Gasteiger charge is -2.20. The molecule has 20 heavy (non-hydrogen) atoms. The van der Waals surface area contributed by atoms with Crippen molar-refractivity contribution < 1.29 is 22.6 Å². The quantitative estimate of drug-likeness (QED) is 0.745. The lowest BCUT2D eigenvalue weighted by Crippen LogP contribution is -2.27. The monoisotopic (exact) mass is 291 g/mol. The van der Waals surface area contributed by atoms with Gasteiger partial charge in [0.25, 0.3) is 0 Å². The first-order valence-electron chi connectivity index (χ1n) is 6.49. The van der Waals surface area contributed by atoms with Gasteiger partial charge in [-0.15, -0.1) is 0 Å². The van der Waals surface area contributed by atoms with E-state index in [9.17, 15) is 13.2 Å². The summed E-state index contributed by atoms with van der Waals surface area (Å²) in [7, 11) is 1.51. The minimum atomic E-state index is -4.33. The maximum atomic E-state index is 12.3. The zero-order valence-corrected chi connectivity index (χ0v) is 11.7. The average molecular weight is 291 g/mol. The number of hydrogen-bond acceptors (Lipinski definition) is 3. The summed E-state index contributed by atoms with van der Waals surface area (Å²) in [5, 5.41) is 3.07. The molecule has 0 aromatic heterocycles. The topological polar surface area (TPSA) is 30.5 Å². The van der Waals surface area contributed by atoms with Crippen LogP contribution in [0.3, 0.4) is 0 Å². The molecule has 0 saturated heterocycles. The number of hydrogen-bond donors (Lipinski definition) is 1.